The van der Waals surface area contributed by atoms with Crippen molar-refractivity contribution in [1.29, 1.82) is 0 Å². The smallest absolute Gasteiger partial charge is 0.304 e. The summed E-state index contributed by atoms with van der Waals surface area (Å²) >= 11 is 0. The van der Waals surface area contributed by atoms with Crippen molar-refractivity contribution in [2.45, 2.75) is 59.4 Å². The minimum absolute atomic E-state index is 0.0298. The van der Waals surface area contributed by atoms with Gasteiger partial charge in [0.1, 0.15) is 22.8 Å². The monoisotopic (exact) mass is 487 g/mol. The zero-order chi connectivity index (χ0) is 25.4. The van der Waals surface area contributed by atoms with Gasteiger partial charge in [0.25, 0.3) is 12.8 Å². The number of ether oxygens (including phenoxy) is 1. The summed E-state index contributed by atoms with van der Waals surface area (Å²) in [5.74, 6) is -2.42. The number of pyridine rings is 1. The van der Waals surface area contributed by atoms with Crippen molar-refractivity contribution >= 4 is 11.6 Å². The van der Waals surface area contributed by atoms with E-state index in [2.05, 4.69) is 14.8 Å². The van der Waals surface area contributed by atoms with Crippen LogP contribution in [0.1, 0.15) is 60.4 Å². The number of aliphatic hydroxyl groups excluding tert-OH is 1. The molecule has 0 aromatic carbocycles. The van der Waals surface area contributed by atoms with Crippen molar-refractivity contribution in [3.8, 4) is 5.75 Å². The molecule has 2 aromatic heterocycles. The summed E-state index contributed by atoms with van der Waals surface area (Å²) in [6.07, 6.45) is -7.27. The number of carbonyl (C=O) groups excluding carboxylic acids is 2. The van der Waals surface area contributed by atoms with E-state index in [1.807, 2.05) is 0 Å². The molecule has 12 heteroatoms. The molecule has 0 saturated carbocycles. The van der Waals surface area contributed by atoms with Gasteiger partial charge >= 0.3 is 6.43 Å². The first-order valence-corrected chi connectivity index (χ1v) is 10.2. The Morgan fingerprint density at radius 2 is 1.91 bits per heavy atom. The highest BCUT2D eigenvalue weighted by Gasteiger charge is 2.38. The molecule has 0 saturated heterocycles. The van der Waals surface area contributed by atoms with Gasteiger partial charge in [-0.15, -0.1) is 0 Å². The highest BCUT2D eigenvalue weighted by Crippen LogP contribution is 2.37. The third-order valence-corrected chi connectivity index (χ3v) is 5.33. The molecule has 34 heavy (non-hydrogen) atoms. The Labute approximate surface area is 191 Å². The molecular weight excluding hydrogens is 465 g/mol. The highest BCUT2D eigenvalue weighted by atomic mass is 19.3. The lowest BCUT2D eigenvalue weighted by molar-refractivity contribution is -0.118. The van der Waals surface area contributed by atoms with Crippen molar-refractivity contribution in [3.63, 3.8) is 0 Å². The number of hydrogen-bond donors (Lipinski definition) is 1. The number of rotatable bonds is 8. The van der Waals surface area contributed by atoms with Gasteiger partial charge in [0.15, 0.2) is 5.78 Å². The van der Waals surface area contributed by atoms with E-state index >= 15 is 0 Å². The summed E-state index contributed by atoms with van der Waals surface area (Å²) in [5.41, 5.74) is -2.28. The lowest BCUT2D eigenvalue weighted by Crippen LogP contribution is -2.29. The summed E-state index contributed by atoms with van der Waals surface area (Å²) in [6.45, 7) is 4.58. The normalized spacial score (nSPS) is 16.9. The molecule has 0 amide bonds. The third kappa shape index (κ3) is 5.26. The number of carbonyl (C=O) groups is 2. The Morgan fingerprint density at radius 3 is 2.50 bits per heavy atom. The molecule has 2 heterocycles. The molecule has 1 atom stereocenters. The first-order valence-electron chi connectivity index (χ1n) is 10.2. The first-order chi connectivity index (χ1) is 15.8. The van der Waals surface area contributed by atoms with Gasteiger partial charge in [-0.25, -0.2) is 17.6 Å². The van der Waals surface area contributed by atoms with E-state index in [-0.39, 0.29) is 36.4 Å². The van der Waals surface area contributed by atoms with Gasteiger partial charge in [0.05, 0.1) is 17.8 Å². The molecule has 1 aliphatic carbocycles. The summed E-state index contributed by atoms with van der Waals surface area (Å²) in [6, 6.07) is 1.17. The maximum atomic E-state index is 13.6. The molecule has 0 radical (unpaired) electrons. The van der Waals surface area contributed by atoms with Crippen LogP contribution in [0.2, 0.25) is 0 Å². The van der Waals surface area contributed by atoms with E-state index in [1.165, 1.54) is 13.0 Å². The fourth-order valence-electron chi connectivity index (χ4n) is 3.71. The Kier molecular flexibility index (Phi) is 7.08. The standard InChI is InChI=1S/C22H22F5N3O4/c1-10-12(28-5-4-15(10)34-21(27)20(25)26)9-30-8-11(17(29-30)19(23)24)18(33)16-13(31)6-22(2,3)7-14(16)32/h4-5,8,19-21,31H,6-7,9H2,1-3H3. The molecule has 2 aromatic rings. The van der Waals surface area contributed by atoms with E-state index in [9.17, 15) is 36.6 Å². The van der Waals surface area contributed by atoms with Gasteiger partial charge in [0, 0.05) is 30.8 Å². The zero-order valence-electron chi connectivity index (χ0n) is 18.5. The zero-order valence-corrected chi connectivity index (χ0v) is 18.5. The molecule has 1 aliphatic rings. The summed E-state index contributed by atoms with van der Waals surface area (Å²) in [4.78, 5) is 29.4. The maximum absolute atomic E-state index is 13.6. The number of allylic oxidation sites excluding steroid dienone is 2. The van der Waals surface area contributed by atoms with Gasteiger partial charge in [-0.3, -0.25) is 19.3 Å². The van der Waals surface area contributed by atoms with Crippen molar-refractivity contribution in [2.24, 2.45) is 5.41 Å². The molecule has 1 N–H and O–H groups in total. The maximum Gasteiger partial charge on any atom is 0.304 e. The molecule has 7 nitrogen and oxygen atoms in total. The number of aliphatic hydroxyl groups is 1. The average Bonchev–Trinajstić information content (AvgIpc) is 3.13. The lowest BCUT2D eigenvalue weighted by atomic mass is 9.75. The number of halogens is 5. The summed E-state index contributed by atoms with van der Waals surface area (Å²) < 4.78 is 71.1. The second-order valence-electron chi connectivity index (χ2n) is 8.70. The minimum Gasteiger partial charge on any atom is -0.511 e. The molecular formula is C22H22F5N3O4. The van der Waals surface area contributed by atoms with Crippen LogP contribution >= 0.6 is 0 Å². The number of alkyl halides is 5. The molecule has 0 spiro atoms. The van der Waals surface area contributed by atoms with Crippen LogP contribution in [0.4, 0.5) is 22.0 Å². The molecule has 1 unspecified atom stereocenters. The first kappa shape index (κ1) is 25.3. The van der Waals surface area contributed by atoms with Crippen LogP contribution in [0.15, 0.2) is 29.8 Å². The van der Waals surface area contributed by atoms with Crippen LogP contribution in [-0.4, -0.2) is 44.2 Å². The topological polar surface area (TPSA) is 94.3 Å². The van der Waals surface area contributed by atoms with Crippen LogP contribution in [0, 0.1) is 12.3 Å². The van der Waals surface area contributed by atoms with Gasteiger partial charge in [0.2, 0.25) is 5.78 Å². The van der Waals surface area contributed by atoms with Crippen molar-refractivity contribution < 1.29 is 41.4 Å². The predicted molar refractivity (Wildman–Crippen MR) is 109 cm³/mol. The average molecular weight is 487 g/mol. The Hall–Kier alpha value is -3.31. The molecule has 0 bridgehead atoms. The second-order valence-corrected chi connectivity index (χ2v) is 8.70. The highest BCUT2D eigenvalue weighted by molar-refractivity contribution is 6.27. The molecule has 3 rings (SSSR count). The quantitative estimate of drug-likeness (QED) is 0.324. The van der Waals surface area contributed by atoms with Crippen molar-refractivity contribution in [2.75, 3.05) is 0 Å². The largest absolute Gasteiger partial charge is 0.511 e. The molecule has 0 fully saturated rings. The van der Waals surface area contributed by atoms with Crippen LogP contribution in [0.5, 0.6) is 5.75 Å². The Morgan fingerprint density at radius 1 is 1.24 bits per heavy atom. The van der Waals surface area contributed by atoms with Gasteiger partial charge < -0.3 is 9.84 Å². The predicted octanol–water partition coefficient (Wildman–Crippen LogP) is 4.90. The van der Waals surface area contributed by atoms with Crippen molar-refractivity contribution in [1.82, 2.24) is 14.8 Å². The fourth-order valence-corrected chi connectivity index (χ4v) is 3.71. The number of ketones is 2. The van der Waals surface area contributed by atoms with E-state index in [4.69, 9.17) is 0 Å². The fraction of sp³-hybridized carbons (Fsp3) is 0.455. The second kappa shape index (κ2) is 9.51. The Bertz CT molecular complexity index is 1140. The van der Waals surface area contributed by atoms with E-state index in [0.29, 0.717) is 0 Å². The van der Waals surface area contributed by atoms with Gasteiger partial charge in [-0.1, -0.05) is 13.8 Å². The van der Waals surface area contributed by atoms with E-state index in [0.717, 1.165) is 17.1 Å². The van der Waals surface area contributed by atoms with Crippen molar-refractivity contribution in [3.05, 3.63) is 52.3 Å². The third-order valence-electron chi connectivity index (χ3n) is 5.33. The van der Waals surface area contributed by atoms with Crippen LogP contribution in [0.3, 0.4) is 0 Å². The molecule has 0 aliphatic heterocycles. The number of nitrogens with zero attached hydrogens (tertiary/aromatic N) is 3. The SMILES string of the molecule is Cc1c(OC(F)C(F)F)ccnc1Cn1cc(C(=O)C2=C(O)CC(C)(C)CC2=O)c(C(F)F)n1. The van der Waals surface area contributed by atoms with Crippen LogP contribution in [0.25, 0.3) is 0 Å². The van der Waals surface area contributed by atoms with Gasteiger partial charge in [-0.05, 0) is 18.4 Å². The summed E-state index contributed by atoms with van der Waals surface area (Å²) in [7, 11) is 0. The van der Waals surface area contributed by atoms with Gasteiger partial charge in [-0.2, -0.15) is 9.49 Å². The van der Waals surface area contributed by atoms with Crippen LogP contribution < -0.4 is 4.74 Å². The summed E-state index contributed by atoms with van der Waals surface area (Å²) in [5, 5.41) is 14.0. The molecule has 184 valence electrons. The van der Waals surface area contributed by atoms with Crippen LogP contribution in [-0.2, 0) is 11.3 Å². The Balaban J connectivity index is 1.94. The minimum atomic E-state index is -3.37. The number of Topliss-reactive ketones (excluding diaryl/α,β-unsaturated/α-hetero) is 2. The lowest BCUT2D eigenvalue weighted by Gasteiger charge is -2.28. The van der Waals surface area contributed by atoms with E-state index in [1.54, 1.807) is 13.8 Å². The number of hydrogen-bond acceptors (Lipinski definition) is 6. The van der Waals surface area contributed by atoms with E-state index < -0.39 is 58.8 Å². The number of aromatic nitrogens is 3.